The van der Waals surface area contributed by atoms with E-state index in [4.69, 9.17) is 0 Å². The maximum absolute atomic E-state index is 9.85. The number of rotatable bonds is 0. The molecule has 7 atom stereocenters. The van der Waals surface area contributed by atoms with Crippen LogP contribution in [0.4, 0.5) is 0 Å². The predicted molar refractivity (Wildman–Crippen MR) is 40.8 cm³/mol. The van der Waals surface area contributed by atoms with Crippen molar-refractivity contribution in [2.45, 2.75) is 25.4 Å². The van der Waals surface area contributed by atoms with Crippen molar-refractivity contribution in [3.05, 3.63) is 0 Å². The van der Waals surface area contributed by atoms with Crippen LogP contribution < -0.4 is 0 Å². The van der Waals surface area contributed by atoms with E-state index in [1.807, 2.05) is 0 Å². The van der Waals surface area contributed by atoms with E-state index in [1.54, 1.807) is 0 Å². The van der Waals surface area contributed by atoms with Crippen LogP contribution in [-0.4, -0.2) is 11.2 Å². The van der Waals surface area contributed by atoms with Crippen molar-refractivity contribution >= 4 is 0 Å². The molecular weight excluding hydrogens is 136 g/mol. The molecule has 4 aliphatic rings. The third-order valence-electron chi connectivity index (χ3n) is 5.24. The summed E-state index contributed by atoms with van der Waals surface area (Å²) in [5.74, 6) is 5.52. The lowest BCUT2D eigenvalue weighted by molar-refractivity contribution is -0.0307. The van der Waals surface area contributed by atoms with Crippen LogP contribution in [0.5, 0.6) is 0 Å². The van der Waals surface area contributed by atoms with Crippen LogP contribution in [0.1, 0.15) is 19.3 Å². The Balaban J connectivity index is 1.89. The molecule has 0 radical (unpaired) electrons. The number of aliphatic hydroxyl groups is 1. The highest BCUT2D eigenvalue weighted by molar-refractivity contribution is 5.19. The summed E-state index contributed by atoms with van der Waals surface area (Å²) in [6.07, 6.45) is 4.47. The molecule has 4 saturated carbocycles. The molecule has 2 bridgehead atoms. The molecule has 0 saturated heterocycles. The molecule has 0 aliphatic heterocycles. The van der Waals surface area contributed by atoms with Crippen molar-refractivity contribution < 1.29 is 5.11 Å². The predicted octanol–water partition coefficient (Wildman–Crippen LogP) is 1.27. The van der Waals surface area contributed by atoms with Gasteiger partial charge in [-0.1, -0.05) is 0 Å². The van der Waals surface area contributed by atoms with Crippen LogP contribution in [0, 0.1) is 35.5 Å². The molecule has 1 N–H and O–H groups in total. The summed E-state index contributed by atoms with van der Waals surface area (Å²) in [7, 11) is 0. The van der Waals surface area contributed by atoms with Gasteiger partial charge in [0.2, 0.25) is 0 Å². The lowest BCUT2D eigenvalue weighted by Gasteiger charge is -2.48. The van der Waals surface area contributed by atoms with Gasteiger partial charge in [0, 0.05) is 0 Å². The molecule has 4 fully saturated rings. The smallest absolute Gasteiger partial charge is 0.0605 e. The van der Waals surface area contributed by atoms with Gasteiger partial charge >= 0.3 is 0 Å². The van der Waals surface area contributed by atoms with Gasteiger partial charge in [0.1, 0.15) is 0 Å². The van der Waals surface area contributed by atoms with Crippen LogP contribution in [-0.2, 0) is 0 Å². The minimum Gasteiger partial charge on any atom is -0.393 e. The molecule has 7 unspecified atom stereocenters. The van der Waals surface area contributed by atoms with E-state index < -0.39 is 0 Å². The molecule has 0 aromatic rings. The van der Waals surface area contributed by atoms with Crippen molar-refractivity contribution in [2.75, 3.05) is 0 Å². The first-order valence-electron chi connectivity index (χ1n) is 5.06. The van der Waals surface area contributed by atoms with E-state index in [-0.39, 0.29) is 6.10 Å². The first kappa shape index (κ1) is 5.58. The summed E-state index contributed by atoms with van der Waals surface area (Å²) in [4.78, 5) is 0. The van der Waals surface area contributed by atoms with E-state index in [9.17, 15) is 5.11 Å². The second-order valence-electron chi connectivity index (χ2n) is 5.11. The quantitative estimate of drug-likeness (QED) is 0.551. The fraction of sp³-hybridized carbons (Fsp3) is 1.00. The molecule has 0 aromatic carbocycles. The molecule has 4 rings (SSSR count). The van der Waals surface area contributed by atoms with Gasteiger partial charge in [-0.3, -0.25) is 0 Å². The molecule has 60 valence electrons. The van der Waals surface area contributed by atoms with Gasteiger partial charge in [0.05, 0.1) is 6.10 Å². The molecule has 0 spiro atoms. The summed E-state index contributed by atoms with van der Waals surface area (Å²) in [6.45, 7) is 0. The molecular formula is C10H14O. The largest absolute Gasteiger partial charge is 0.393 e. The topological polar surface area (TPSA) is 20.2 Å². The highest BCUT2D eigenvalue weighted by Gasteiger charge is 2.71. The second-order valence-corrected chi connectivity index (χ2v) is 5.11. The lowest BCUT2D eigenvalue weighted by atomic mass is 9.56. The fourth-order valence-electron chi connectivity index (χ4n) is 5.06. The monoisotopic (exact) mass is 150 g/mol. The minimum atomic E-state index is 0.131. The Labute approximate surface area is 66.8 Å². The zero-order valence-electron chi connectivity index (χ0n) is 6.61. The van der Waals surface area contributed by atoms with Crippen molar-refractivity contribution in [3.8, 4) is 0 Å². The van der Waals surface area contributed by atoms with Crippen LogP contribution >= 0.6 is 0 Å². The van der Waals surface area contributed by atoms with Crippen LogP contribution in [0.2, 0.25) is 0 Å². The van der Waals surface area contributed by atoms with Gasteiger partial charge in [-0.2, -0.15) is 0 Å². The van der Waals surface area contributed by atoms with Crippen LogP contribution in [0.3, 0.4) is 0 Å². The number of aliphatic hydroxyl groups excluding tert-OH is 1. The van der Waals surface area contributed by atoms with Gasteiger partial charge in [0.15, 0.2) is 0 Å². The normalized spacial score (nSPS) is 75.5. The summed E-state index contributed by atoms with van der Waals surface area (Å²) in [5.41, 5.74) is 0. The maximum atomic E-state index is 9.85. The Kier molecular flexibility index (Phi) is 0.706. The van der Waals surface area contributed by atoms with Crippen molar-refractivity contribution in [1.29, 1.82) is 0 Å². The standard InChI is InChI=1S/C10H14O/c11-10-7-3-6-4-1-2-5(7)8(4)9(6)10/h4-11H,1-3H2. The highest BCUT2D eigenvalue weighted by Crippen LogP contribution is 2.74. The number of fused-ring (bicyclic) bond motifs is 3. The lowest BCUT2D eigenvalue weighted by Crippen LogP contribution is -2.45. The summed E-state index contributed by atoms with van der Waals surface area (Å²) in [5, 5.41) is 9.85. The number of hydrogen-bond acceptors (Lipinski definition) is 1. The molecule has 0 aromatic heterocycles. The third kappa shape index (κ3) is 0.376. The van der Waals surface area contributed by atoms with Crippen LogP contribution in [0.25, 0.3) is 0 Å². The van der Waals surface area contributed by atoms with Crippen molar-refractivity contribution in [1.82, 2.24) is 0 Å². The van der Waals surface area contributed by atoms with Gasteiger partial charge in [-0.05, 0) is 54.8 Å². The molecule has 0 amide bonds. The Morgan fingerprint density at radius 2 is 1.55 bits per heavy atom. The van der Waals surface area contributed by atoms with E-state index in [0.29, 0.717) is 0 Å². The zero-order chi connectivity index (χ0) is 7.16. The minimum absolute atomic E-state index is 0.131. The second kappa shape index (κ2) is 1.39. The molecule has 1 heteroatoms. The van der Waals surface area contributed by atoms with Gasteiger partial charge < -0.3 is 5.11 Å². The molecule has 1 nitrogen and oxygen atoms in total. The average Bonchev–Trinajstić information content (AvgIpc) is 2.45. The highest BCUT2D eigenvalue weighted by atomic mass is 16.3. The Hall–Kier alpha value is -0.0400. The third-order valence-corrected chi connectivity index (χ3v) is 5.24. The van der Waals surface area contributed by atoms with Crippen LogP contribution in [0.15, 0.2) is 0 Å². The Bertz CT molecular complexity index is 211. The molecule has 11 heavy (non-hydrogen) atoms. The fourth-order valence-corrected chi connectivity index (χ4v) is 5.06. The molecule has 4 aliphatic carbocycles. The summed E-state index contributed by atoms with van der Waals surface area (Å²) >= 11 is 0. The Morgan fingerprint density at radius 3 is 2.18 bits per heavy atom. The van der Waals surface area contributed by atoms with Crippen molar-refractivity contribution in [3.63, 3.8) is 0 Å². The summed E-state index contributed by atoms with van der Waals surface area (Å²) in [6, 6.07) is 0. The average molecular weight is 150 g/mol. The first-order chi connectivity index (χ1) is 5.38. The van der Waals surface area contributed by atoms with E-state index in [2.05, 4.69) is 0 Å². The van der Waals surface area contributed by atoms with E-state index >= 15 is 0 Å². The Morgan fingerprint density at radius 1 is 0.818 bits per heavy atom. The van der Waals surface area contributed by atoms with E-state index in [0.717, 1.165) is 35.5 Å². The zero-order valence-corrected chi connectivity index (χ0v) is 6.61. The number of hydrogen-bond donors (Lipinski definition) is 1. The summed E-state index contributed by atoms with van der Waals surface area (Å²) < 4.78 is 0. The first-order valence-corrected chi connectivity index (χ1v) is 5.06. The van der Waals surface area contributed by atoms with Gasteiger partial charge in [0.25, 0.3) is 0 Å². The van der Waals surface area contributed by atoms with Gasteiger partial charge in [-0.15, -0.1) is 0 Å². The van der Waals surface area contributed by atoms with Gasteiger partial charge in [-0.25, -0.2) is 0 Å². The maximum Gasteiger partial charge on any atom is 0.0605 e. The van der Waals surface area contributed by atoms with Crippen molar-refractivity contribution in [2.24, 2.45) is 35.5 Å². The molecule has 0 heterocycles. The van der Waals surface area contributed by atoms with E-state index in [1.165, 1.54) is 19.3 Å². The SMILES string of the molecule is OC1C2CC3C4CCC2C4C13.